The van der Waals surface area contributed by atoms with Gasteiger partial charge in [-0.1, -0.05) is 26.2 Å². The van der Waals surface area contributed by atoms with Crippen LogP contribution in [0.3, 0.4) is 0 Å². The molecule has 0 radical (unpaired) electrons. The van der Waals surface area contributed by atoms with E-state index in [1.807, 2.05) is 0 Å². The van der Waals surface area contributed by atoms with Crippen LogP contribution in [0.5, 0.6) is 0 Å². The summed E-state index contributed by atoms with van der Waals surface area (Å²) >= 11 is 0. The number of nitrogens with zero attached hydrogens (tertiary/aromatic N) is 2. The molecule has 102 valence electrons. The van der Waals surface area contributed by atoms with Crippen LogP contribution in [-0.4, -0.2) is 24.0 Å². The van der Waals surface area contributed by atoms with Crippen molar-refractivity contribution in [2.24, 2.45) is 11.8 Å². The molecule has 0 amide bonds. The smallest absolute Gasteiger partial charge is 0.0672 e. The predicted molar refractivity (Wildman–Crippen MR) is 75.2 cm³/mol. The second-order valence-corrected chi connectivity index (χ2v) is 6.34. The Morgan fingerprint density at radius 3 is 2.33 bits per heavy atom. The molecular formula is C16H28N2. The lowest BCUT2D eigenvalue weighted by Crippen LogP contribution is -2.46. The Kier molecular flexibility index (Phi) is 5.06. The molecule has 0 aromatic heterocycles. The van der Waals surface area contributed by atoms with E-state index in [1.54, 1.807) is 0 Å². The molecule has 18 heavy (non-hydrogen) atoms. The summed E-state index contributed by atoms with van der Waals surface area (Å²) in [5, 5.41) is 9.31. The van der Waals surface area contributed by atoms with Crippen molar-refractivity contribution in [3.63, 3.8) is 0 Å². The van der Waals surface area contributed by atoms with Gasteiger partial charge < -0.3 is 0 Å². The summed E-state index contributed by atoms with van der Waals surface area (Å²) in [6.07, 6.45) is 11.8. The highest BCUT2D eigenvalue weighted by Gasteiger charge is 2.33. The van der Waals surface area contributed by atoms with Gasteiger partial charge in [0.15, 0.2) is 0 Å². The molecule has 2 heteroatoms. The van der Waals surface area contributed by atoms with Crippen molar-refractivity contribution < 1.29 is 0 Å². The van der Waals surface area contributed by atoms with Crippen LogP contribution in [0.2, 0.25) is 0 Å². The Hall–Kier alpha value is -0.550. The molecule has 2 nitrogen and oxygen atoms in total. The molecule has 2 unspecified atom stereocenters. The van der Waals surface area contributed by atoms with Crippen molar-refractivity contribution in [2.75, 3.05) is 7.05 Å². The van der Waals surface area contributed by atoms with Gasteiger partial charge in [0.1, 0.15) is 0 Å². The summed E-state index contributed by atoms with van der Waals surface area (Å²) in [5.74, 6) is 1.25. The van der Waals surface area contributed by atoms with Crippen molar-refractivity contribution in [1.29, 1.82) is 5.26 Å². The average Bonchev–Trinajstić information content (AvgIpc) is 2.46. The normalized spacial score (nSPS) is 37.4. The Labute approximate surface area is 112 Å². The van der Waals surface area contributed by atoms with Crippen LogP contribution in [0, 0.1) is 23.2 Å². The lowest BCUT2D eigenvalue weighted by atomic mass is 9.80. The molecule has 0 aliphatic heterocycles. The predicted octanol–water partition coefficient (Wildman–Crippen LogP) is 3.97. The molecular weight excluding hydrogens is 220 g/mol. The van der Waals surface area contributed by atoms with E-state index in [1.165, 1.54) is 51.4 Å². The summed E-state index contributed by atoms with van der Waals surface area (Å²) in [6, 6.07) is 3.83. The third-order valence-electron chi connectivity index (χ3n) is 5.39. The highest BCUT2D eigenvalue weighted by atomic mass is 15.2. The molecule has 0 heterocycles. The minimum Gasteiger partial charge on any atom is -0.299 e. The topological polar surface area (TPSA) is 27.0 Å². The first-order valence-corrected chi connectivity index (χ1v) is 7.87. The first-order valence-electron chi connectivity index (χ1n) is 7.87. The maximum atomic E-state index is 9.31. The van der Waals surface area contributed by atoms with E-state index >= 15 is 0 Å². The lowest BCUT2D eigenvalue weighted by Gasteiger charge is -2.42. The zero-order valence-electron chi connectivity index (χ0n) is 12.1. The summed E-state index contributed by atoms with van der Waals surface area (Å²) in [7, 11) is 2.28. The van der Waals surface area contributed by atoms with Gasteiger partial charge in [0.2, 0.25) is 0 Å². The fourth-order valence-electron chi connectivity index (χ4n) is 3.98. The highest BCUT2D eigenvalue weighted by Crippen LogP contribution is 2.34. The zero-order valence-corrected chi connectivity index (χ0v) is 12.1. The summed E-state index contributed by atoms with van der Waals surface area (Å²) in [4.78, 5) is 2.57. The average molecular weight is 248 g/mol. The first kappa shape index (κ1) is 13.9. The number of nitriles is 1. The van der Waals surface area contributed by atoms with E-state index in [2.05, 4.69) is 24.9 Å². The van der Waals surface area contributed by atoms with Crippen molar-refractivity contribution >= 4 is 0 Å². The lowest BCUT2D eigenvalue weighted by molar-refractivity contribution is 0.0781. The molecule has 0 bridgehead atoms. The van der Waals surface area contributed by atoms with Crippen LogP contribution in [0.1, 0.15) is 64.7 Å². The molecule has 2 aliphatic carbocycles. The standard InChI is InChI=1S/C16H28N2/c1-3-13-8-10-15(11-9-13)18(2)16-7-5-4-6-14(16)12-17/h13-16H,3-11H2,1-2H3. The molecule has 2 rings (SSSR count). The molecule has 0 aromatic carbocycles. The largest absolute Gasteiger partial charge is 0.299 e. The van der Waals surface area contributed by atoms with Gasteiger partial charge in [-0.05, 0) is 51.5 Å². The molecule has 0 aromatic rings. The number of hydrogen-bond acceptors (Lipinski definition) is 2. The highest BCUT2D eigenvalue weighted by molar-refractivity contribution is 4.96. The Balaban J connectivity index is 1.90. The molecule has 2 fully saturated rings. The van der Waals surface area contributed by atoms with Crippen molar-refractivity contribution in [3.8, 4) is 6.07 Å². The molecule has 0 spiro atoms. The maximum absolute atomic E-state index is 9.31. The van der Waals surface area contributed by atoms with Crippen LogP contribution in [0.15, 0.2) is 0 Å². The third-order valence-corrected chi connectivity index (χ3v) is 5.39. The van der Waals surface area contributed by atoms with Crippen molar-refractivity contribution in [1.82, 2.24) is 4.90 Å². The van der Waals surface area contributed by atoms with Gasteiger partial charge in [0.25, 0.3) is 0 Å². The second kappa shape index (κ2) is 6.57. The number of rotatable bonds is 3. The quantitative estimate of drug-likeness (QED) is 0.755. The van der Waals surface area contributed by atoms with Gasteiger partial charge in [-0.15, -0.1) is 0 Å². The van der Waals surface area contributed by atoms with E-state index < -0.39 is 0 Å². The summed E-state index contributed by atoms with van der Waals surface area (Å²) in [6.45, 7) is 2.32. The van der Waals surface area contributed by atoms with Crippen LogP contribution in [0.4, 0.5) is 0 Å². The fourth-order valence-corrected chi connectivity index (χ4v) is 3.98. The zero-order chi connectivity index (χ0) is 13.0. The van der Waals surface area contributed by atoms with E-state index in [0.29, 0.717) is 6.04 Å². The van der Waals surface area contributed by atoms with Gasteiger partial charge in [0.05, 0.1) is 12.0 Å². The minimum absolute atomic E-state index is 0.285. The van der Waals surface area contributed by atoms with Crippen LogP contribution < -0.4 is 0 Å². The molecule has 2 aliphatic rings. The van der Waals surface area contributed by atoms with Crippen LogP contribution in [-0.2, 0) is 0 Å². The molecule has 2 atom stereocenters. The van der Waals surface area contributed by atoms with E-state index in [9.17, 15) is 5.26 Å². The van der Waals surface area contributed by atoms with Gasteiger partial charge in [-0.2, -0.15) is 5.26 Å². The van der Waals surface area contributed by atoms with Gasteiger partial charge >= 0.3 is 0 Å². The van der Waals surface area contributed by atoms with Crippen LogP contribution in [0.25, 0.3) is 0 Å². The molecule has 0 saturated heterocycles. The van der Waals surface area contributed by atoms with Gasteiger partial charge in [-0.3, -0.25) is 4.90 Å². The van der Waals surface area contributed by atoms with Gasteiger partial charge in [0, 0.05) is 12.1 Å². The third kappa shape index (κ3) is 3.06. The maximum Gasteiger partial charge on any atom is 0.0672 e. The Morgan fingerprint density at radius 1 is 1.06 bits per heavy atom. The fraction of sp³-hybridized carbons (Fsp3) is 0.938. The second-order valence-electron chi connectivity index (χ2n) is 6.34. The monoisotopic (exact) mass is 248 g/mol. The van der Waals surface area contributed by atoms with Crippen molar-refractivity contribution in [3.05, 3.63) is 0 Å². The number of hydrogen-bond donors (Lipinski definition) is 0. The van der Waals surface area contributed by atoms with E-state index in [-0.39, 0.29) is 5.92 Å². The molecule has 2 saturated carbocycles. The van der Waals surface area contributed by atoms with Crippen molar-refractivity contribution in [2.45, 2.75) is 76.8 Å². The SMILES string of the molecule is CCC1CCC(N(C)C2CCCCC2C#N)CC1. The summed E-state index contributed by atoms with van der Waals surface area (Å²) < 4.78 is 0. The van der Waals surface area contributed by atoms with Crippen LogP contribution >= 0.6 is 0 Å². The minimum atomic E-state index is 0.285. The first-order chi connectivity index (χ1) is 8.76. The summed E-state index contributed by atoms with van der Waals surface area (Å²) in [5.41, 5.74) is 0. The van der Waals surface area contributed by atoms with Gasteiger partial charge in [-0.25, -0.2) is 0 Å². The van der Waals surface area contributed by atoms with E-state index in [4.69, 9.17) is 0 Å². The van der Waals surface area contributed by atoms with E-state index in [0.717, 1.165) is 18.4 Å². The Bertz CT molecular complexity index is 286. The molecule has 0 N–H and O–H groups in total. The Morgan fingerprint density at radius 2 is 1.72 bits per heavy atom.